The summed E-state index contributed by atoms with van der Waals surface area (Å²) in [6.45, 7) is 1.27. The molecule has 3 aromatic heterocycles. The maximum atomic E-state index is 13.1. The number of halogens is 1. The number of fused-ring (bicyclic) bond motifs is 1. The molecule has 0 radical (unpaired) electrons. The second kappa shape index (κ2) is 9.88. The molecule has 0 bridgehead atoms. The smallest absolute Gasteiger partial charge is 0.257 e. The number of aromatic nitrogens is 3. The van der Waals surface area contributed by atoms with Crippen LogP contribution < -0.4 is 10.7 Å². The van der Waals surface area contributed by atoms with Gasteiger partial charge in [-0.15, -0.1) is 11.3 Å². The van der Waals surface area contributed by atoms with Gasteiger partial charge in [-0.2, -0.15) is 0 Å². The second-order valence-corrected chi connectivity index (χ2v) is 9.49. The first-order chi connectivity index (χ1) is 15.8. The summed E-state index contributed by atoms with van der Waals surface area (Å²) < 4.78 is 1.81. The van der Waals surface area contributed by atoms with E-state index >= 15 is 0 Å². The third kappa shape index (κ3) is 5.33. The fourth-order valence-corrected chi connectivity index (χ4v) is 4.90. The number of nitrogens with zero attached hydrogens (tertiary/aromatic N) is 3. The van der Waals surface area contributed by atoms with Crippen molar-refractivity contribution in [2.45, 2.75) is 19.2 Å². The van der Waals surface area contributed by atoms with E-state index in [2.05, 4.69) is 15.3 Å². The molecule has 0 fully saturated rings. The fraction of sp³-hybridized carbons (Fsp3) is 0.261. The number of carbonyl (C=O) groups is 1. The van der Waals surface area contributed by atoms with Crippen LogP contribution in [-0.4, -0.2) is 44.0 Å². The SMILES string of the molecule is CN(Cc1cc2c(=O)c(C(=O)NCc3ccc(Cl)cc3)cn(C)c2s1)CC(O)c1cnc[nH]1. The first kappa shape index (κ1) is 23.2. The normalized spacial score (nSPS) is 12.4. The number of aryl methyl sites for hydroxylation is 1. The summed E-state index contributed by atoms with van der Waals surface area (Å²) >= 11 is 7.39. The van der Waals surface area contributed by atoms with Gasteiger partial charge in [0.25, 0.3) is 5.91 Å². The van der Waals surface area contributed by atoms with E-state index < -0.39 is 12.0 Å². The van der Waals surface area contributed by atoms with Gasteiger partial charge in [0.05, 0.1) is 23.6 Å². The van der Waals surface area contributed by atoms with E-state index in [1.165, 1.54) is 17.7 Å². The number of H-pyrrole nitrogens is 1. The molecule has 0 spiro atoms. The van der Waals surface area contributed by atoms with Crippen LogP contribution in [0.2, 0.25) is 5.02 Å². The number of aromatic amines is 1. The second-order valence-electron chi connectivity index (χ2n) is 7.94. The number of imidazole rings is 1. The highest BCUT2D eigenvalue weighted by atomic mass is 35.5. The Bertz CT molecular complexity index is 1310. The molecule has 3 N–H and O–H groups in total. The Morgan fingerprint density at radius 1 is 1.36 bits per heavy atom. The number of hydrogen-bond donors (Lipinski definition) is 3. The average Bonchev–Trinajstić information content (AvgIpc) is 3.46. The summed E-state index contributed by atoms with van der Waals surface area (Å²) in [6, 6.07) is 9.00. The molecule has 10 heteroatoms. The van der Waals surface area contributed by atoms with Gasteiger partial charge in [0.2, 0.25) is 5.43 Å². The van der Waals surface area contributed by atoms with Gasteiger partial charge in [-0.25, -0.2) is 4.98 Å². The van der Waals surface area contributed by atoms with Crippen molar-refractivity contribution in [3.8, 4) is 0 Å². The van der Waals surface area contributed by atoms with Crippen LogP contribution in [0.1, 0.15) is 32.6 Å². The van der Waals surface area contributed by atoms with Gasteiger partial charge in [0, 0.05) is 42.8 Å². The molecular formula is C23H24ClN5O3S. The number of hydrogen-bond acceptors (Lipinski definition) is 6. The molecule has 3 heterocycles. The predicted octanol–water partition coefficient (Wildman–Crippen LogP) is 3.07. The van der Waals surface area contributed by atoms with Crippen molar-refractivity contribution in [1.82, 2.24) is 24.8 Å². The Morgan fingerprint density at radius 2 is 2.12 bits per heavy atom. The van der Waals surface area contributed by atoms with Crippen LogP contribution in [0.4, 0.5) is 0 Å². The Morgan fingerprint density at radius 3 is 2.82 bits per heavy atom. The number of amides is 1. The highest BCUT2D eigenvalue weighted by molar-refractivity contribution is 7.18. The van der Waals surface area contributed by atoms with E-state index in [0.29, 0.717) is 35.7 Å². The Balaban J connectivity index is 1.49. The highest BCUT2D eigenvalue weighted by Gasteiger charge is 2.18. The van der Waals surface area contributed by atoms with Gasteiger partial charge in [-0.1, -0.05) is 23.7 Å². The molecular weight excluding hydrogens is 462 g/mol. The van der Waals surface area contributed by atoms with Crippen molar-refractivity contribution < 1.29 is 9.90 Å². The van der Waals surface area contributed by atoms with Gasteiger partial charge < -0.3 is 20.0 Å². The van der Waals surface area contributed by atoms with Crippen LogP contribution in [0.25, 0.3) is 10.2 Å². The zero-order valence-electron chi connectivity index (χ0n) is 18.2. The molecule has 1 amide bonds. The molecule has 1 unspecified atom stereocenters. The third-order valence-corrected chi connectivity index (χ3v) is 6.76. The number of carbonyl (C=O) groups excluding carboxylic acids is 1. The largest absolute Gasteiger partial charge is 0.385 e. The molecule has 33 heavy (non-hydrogen) atoms. The van der Waals surface area contributed by atoms with E-state index in [4.69, 9.17) is 11.6 Å². The number of thiophene rings is 1. The molecule has 0 saturated heterocycles. The summed E-state index contributed by atoms with van der Waals surface area (Å²) in [5, 5.41) is 14.3. The van der Waals surface area contributed by atoms with Crippen LogP contribution in [-0.2, 0) is 20.1 Å². The van der Waals surface area contributed by atoms with E-state index in [9.17, 15) is 14.7 Å². The minimum atomic E-state index is -0.686. The molecule has 0 aliphatic heterocycles. The van der Waals surface area contributed by atoms with E-state index in [1.54, 1.807) is 24.5 Å². The number of likely N-dealkylation sites (N-methyl/N-ethyl adjacent to an activating group) is 1. The molecule has 172 valence electrons. The van der Waals surface area contributed by atoms with Gasteiger partial charge in [0.1, 0.15) is 16.5 Å². The lowest BCUT2D eigenvalue weighted by molar-refractivity contribution is 0.0949. The molecule has 0 aliphatic rings. The van der Waals surface area contributed by atoms with Gasteiger partial charge >= 0.3 is 0 Å². The maximum Gasteiger partial charge on any atom is 0.257 e. The van der Waals surface area contributed by atoms with Crippen molar-refractivity contribution >= 4 is 39.1 Å². The van der Waals surface area contributed by atoms with E-state index in [0.717, 1.165) is 15.3 Å². The first-order valence-corrected chi connectivity index (χ1v) is 11.5. The maximum absolute atomic E-state index is 13.1. The zero-order valence-corrected chi connectivity index (χ0v) is 19.8. The molecule has 0 saturated carbocycles. The highest BCUT2D eigenvalue weighted by Crippen LogP contribution is 2.25. The monoisotopic (exact) mass is 485 g/mol. The fourth-order valence-electron chi connectivity index (χ4n) is 3.60. The van der Waals surface area contributed by atoms with E-state index in [1.807, 2.05) is 41.8 Å². The average molecular weight is 486 g/mol. The first-order valence-electron chi connectivity index (χ1n) is 10.3. The minimum absolute atomic E-state index is 0.103. The predicted molar refractivity (Wildman–Crippen MR) is 130 cm³/mol. The summed E-state index contributed by atoms with van der Waals surface area (Å²) in [6.07, 6.45) is 4.02. The van der Waals surface area contributed by atoms with Crippen molar-refractivity contribution in [3.05, 3.63) is 86.0 Å². The summed E-state index contributed by atoms with van der Waals surface area (Å²) in [7, 11) is 3.72. The lowest BCUT2D eigenvalue weighted by Crippen LogP contribution is -2.29. The molecule has 0 aliphatic carbocycles. The quantitative estimate of drug-likeness (QED) is 0.356. The Labute approximate surface area is 199 Å². The topological polar surface area (TPSA) is 103 Å². The van der Waals surface area contributed by atoms with E-state index in [-0.39, 0.29) is 11.0 Å². The number of nitrogens with one attached hydrogen (secondary N) is 2. The van der Waals surface area contributed by atoms with Crippen molar-refractivity contribution in [2.24, 2.45) is 7.05 Å². The molecule has 8 nitrogen and oxygen atoms in total. The Hall–Kier alpha value is -2.98. The third-order valence-electron chi connectivity index (χ3n) is 5.30. The molecule has 1 aromatic carbocycles. The van der Waals surface area contributed by atoms with Crippen LogP contribution in [0.5, 0.6) is 0 Å². The number of benzene rings is 1. The van der Waals surface area contributed by atoms with Crippen LogP contribution in [0, 0.1) is 0 Å². The van der Waals surface area contributed by atoms with Crippen molar-refractivity contribution in [2.75, 3.05) is 13.6 Å². The van der Waals surface area contributed by atoms with Crippen LogP contribution in [0.15, 0.2) is 53.8 Å². The number of pyridine rings is 1. The standard InChI is InChI=1S/C23H24ClN5O3S/c1-28(12-20(30)19-9-25-13-27-19)10-16-7-17-21(31)18(11-29(2)23(17)33-16)22(32)26-8-14-3-5-15(24)6-4-14/h3-7,9,11,13,20,30H,8,10,12H2,1-2H3,(H,25,27)(H,26,32). The molecule has 4 rings (SSSR count). The Kier molecular flexibility index (Phi) is 6.94. The zero-order chi connectivity index (χ0) is 23.5. The number of rotatable bonds is 8. The van der Waals surface area contributed by atoms with Crippen LogP contribution >= 0.6 is 22.9 Å². The summed E-state index contributed by atoms with van der Waals surface area (Å²) in [4.78, 5) is 36.4. The van der Waals surface area contributed by atoms with Crippen LogP contribution in [0.3, 0.4) is 0 Å². The molecule has 4 aromatic rings. The summed E-state index contributed by atoms with van der Waals surface area (Å²) in [5.74, 6) is -0.417. The van der Waals surface area contributed by atoms with Crippen molar-refractivity contribution in [1.29, 1.82) is 0 Å². The minimum Gasteiger partial charge on any atom is -0.385 e. The van der Waals surface area contributed by atoms with Gasteiger partial charge in [-0.05, 0) is 30.8 Å². The van der Waals surface area contributed by atoms with Gasteiger partial charge in [0.15, 0.2) is 0 Å². The van der Waals surface area contributed by atoms with Gasteiger partial charge in [-0.3, -0.25) is 14.5 Å². The van der Waals surface area contributed by atoms with Crippen molar-refractivity contribution in [3.63, 3.8) is 0 Å². The number of aliphatic hydroxyl groups is 1. The lowest BCUT2D eigenvalue weighted by Gasteiger charge is -2.18. The lowest BCUT2D eigenvalue weighted by atomic mass is 10.2. The molecule has 1 atom stereocenters. The number of aliphatic hydroxyl groups excluding tert-OH is 1. The summed E-state index contributed by atoms with van der Waals surface area (Å²) in [5.41, 5.74) is 1.36.